The van der Waals surface area contributed by atoms with Gasteiger partial charge >= 0.3 is 0 Å². The molecule has 70 valence electrons. The monoisotopic (exact) mass is 170 g/mol. The number of hydrogen-bond donors (Lipinski definition) is 2. The summed E-state index contributed by atoms with van der Waals surface area (Å²) in [7, 11) is 0. The predicted octanol–water partition coefficient (Wildman–Crippen LogP) is 1.49. The van der Waals surface area contributed by atoms with E-state index in [9.17, 15) is 0 Å². The lowest BCUT2D eigenvalue weighted by Crippen LogP contribution is -2.09. The van der Waals surface area contributed by atoms with Gasteiger partial charge in [0.25, 0.3) is 0 Å². The maximum absolute atomic E-state index is 8.74. The standard InChI is InChI=1S/C10H18O2/c1-9(2)5-3-4-6-10(7-11)8-12/h3,10-12H,4,6-8H2,1-2H3. The zero-order valence-electron chi connectivity index (χ0n) is 7.88. The second-order valence-electron chi connectivity index (χ2n) is 3.16. The van der Waals surface area contributed by atoms with Crippen molar-refractivity contribution < 1.29 is 10.2 Å². The smallest absolute Gasteiger partial charge is 0.0481 e. The first-order valence-corrected chi connectivity index (χ1v) is 4.30. The minimum atomic E-state index is 0.0280. The van der Waals surface area contributed by atoms with E-state index in [0.717, 1.165) is 18.4 Å². The van der Waals surface area contributed by atoms with Crippen LogP contribution in [0.4, 0.5) is 0 Å². The lowest BCUT2D eigenvalue weighted by atomic mass is 10.1. The van der Waals surface area contributed by atoms with Crippen LogP contribution in [0.5, 0.6) is 0 Å². The summed E-state index contributed by atoms with van der Waals surface area (Å²) in [5.41, 5.74) is 4.23. The van der Waals surface area contributed by atoms with E-state index in [0.29, 0.717) is 0 Å². The van der Waals surface area contributed by atoms with E-state index < -0.39 is 0 Å². The molecule has 2 heteroatoms. The molecule has 2 nitrogen and oxygen atoms in total. The molecule has 0 heterocycles. The summed E-state index contributed by atoms with van der Waals surface area (Å²) in [5.74, 6) is 0.0280. The summed E-state index contributed by atoms with van der Waals surface area (Å²) in [5, 5.41) is 17.5. The highest BCUT2D eigenvalue weighted by molar-refractivity contribution is 4.93. The molecule has 0 aliphatic carbocycles. The number of aliphatic hydroxyl groups is 2. The third kappa shape index (κ3) is 6.17. The summed E-state index contributed by atoms with van der Waals surface area (Å²) in [6, 6.07) is 0. The minimum Gasteiger partial charge on any atom is -0.396 e. The van der Waals surface area contributed by atoms with Gasteiger partial charge in [0.2, 0.25) is 0 Å². The van der Waals surface area contributed by atoms with Crippen LogP contribution in [0.2, 0.25) is 0 Å². The molecule has 12 heavy (non-hydrogen) atoms. The summed E-state index contributed by atoms with van der Waals surface area (Å²) >= 11 is 0. The topological polar surface area (TPSA) is 40.5 Å². The van der Waals surface area contributed by atoms with Crippen molar-refractivity contribution in [2.75, 3.05) is 13.2 Å². The van der Waals surface area contributed by atoms with Crippen LogP contribution in [0.25, 0.3) is 0 Å². The molecule has 0 saturated carbocycles. The molecule has 0 aliphatic rings. The molecular formula is C10H18O2. The van der Waals surface area contributed by atoms with Crippen molar-refractivity contribution in [1.82, 2.24) is 0 Å². The number of hydrogen-bond acceptors (Lipinski definition) is 2. The Labute approximate surface area is 74.2 Å². The molecule has 0 rings (SSSR count). The fraction of sp³-hybridized carbons (Fsp3) is 0.700. The first-order valence-electron chi connectivity index (χ1n) is 4.30. The quantitative estimate of drug-likeness (QED) is 0.614. The average Bonchev–Trinajstić information content (AvgIpc) is 2.04. The highest BCUT2D eigenvalue weighted by Crippen LogP contribution is 2.04. The Hall–Kier alpha value is -0.560. The van der Waals surface area contributed by atoms with Gasteiger partial charge in [-0.25, -0.2) is 0 Å². The van der Waals surface area contributed by atoms with Gasteiger partial charge in [-0.1, -0.05) is 0 Å². The fourth-order valence-corrected chi connectivity index (χ4v) is 0.836. The van der Waals surface area contributed by atoms with Gasteiger partial charge in [0, 0.05) is 19.1 Å². The molecule has 0 aliphatic heterocycles. The molecule has 0 unspecified atom stereocenters. The molecule has 0 spiro atoms. The van der Waals surface area contributed by atoms with E-state index in [-0.39, 0.29) is 19.1 Å². The van der Waals surface area contributed by atoms with Gasteiger partial charge in [0.15, 0.2) is 0 Å². The lowest BCUT2D eigenvalue weighted by molar-refractivity contribution is 0.144. The van der Waals surface area contributed by atoms with Crippen LogP contribution >= 0.6 is 0 Å². The van der Waals surface area contributed by atoms with E-state index in [1.54, 1.807) is 0 Å². The molecule has 0 fully saturated rings. The zero-order valence-corrected chi connectivity index (χ0v) is 7.88. The largest absolute Gasteiger partial charge is 0.396 e. The second kappa shape index (κ2) is 7.11. The van der Waals surface area contributed by atoms with E-state index in [1.807, 2.05) is 19.9 Å². The fourth-order valence-electron chi connectivity index (χ4n) is 0.836. The Kier molecular flexibility index (Phi) is 6.78. The molecule has 0 bridgehead atoms. The predicted molar refractivity (Wildman–Crippen MR) is 49.8 cm³/mol. The first-order chi connectivity index (χ1) is 5.70. The Bertz CT molecular complexity index is 159. The zero-order chi connectivity index (χ0) is 9.40. The summed E-state index contributed by atoms with van der Waals surface area (Å²) < 4.78 is 0. The first kappa shape index (κ1) is 11.4. The molecule has 0 aromatic heterocycles. The lowest BCUT2D eigenvalue weighted by Gasteiger charge is -2.06. The number of allylic oxidation sites excluding steroid dienone is 1. The molecule has 0 aromatic rings. The highest BCUT2D eigenvalue weighted by Gasteiger charge is 2.02. The van der Waals surface area contributed by atoms with Gasteiger partial charge in [0.05, 0.1) is 0 Å². The third-order valence-corrected chi connectivity index (χ3v) is 1.63. The number of rotatable bonds is 5. The summed E-state index contributed by atoms with van der Waals surface area (Å²) in [4.78, 5) is 0. The molecule has 0 amide bonds. The third-order valence-electron chi connectivity index (χ3n) is 1.63. The Morgan fingerprint density at radius 1 is 1.33 bits per heavy atom. The molecule has 0 aromatic carbocycles. The highest BCUT2D eigenvalue weighted by atomic mass is 16.3. The van der Waals surface area contributed by atoms with Crippen LogP contribution in [0.1, 0.15) is 26.7 Å². The second-order valence-corrected chi connectivity index (χ2v) is 3.16. The van der Waals surface area contributed by atoms with Crippen molar-refractivity contribution in [1.29, 1.82) is 0 Å². The summed E-state index contributed by atoms with van der Waals surface area (Å²) in [6.45, 7) is 4.12. The Morgan fingerprint density at radius 3 is 2.33 bits per heavy atom. The van der Waals surface area contributed by atoms with Crippen molar-refractivity contribution in [3.8, 4) is 0 Å². The van der Waals surface area contributed by atoms with Crippen molar-refractivity contribution in [3.05, 3.63) is 17.4 Å². The van der Waals surface area contributed by atoms with E-state index in [1.165, 1.54) is 0 Å². The van der Waals surface area contributed by atoms with Crippen LogP contribution in [0.3, 0.4) is 0 Å². The normalized spacial score (nSPS) is 9.75. The average molecular weight is 170 g/mol. The van der Waals surface area contributed by atoms with Crippen LogP contribution in [-0.2, 0) is 0 Å². The van der Waals surface area contributed by atoms with Crippen LogP contribution in [0.15, 0.2) is 17.4 Å². The van der Waals surface area contributed by atoms with Crippen LogP contribution < -0.4 is 0 Å². The van der Waals surface area contributed by atoms with E-state index in [2.05, 4.69) is 5.73 Å². The van der Waals surface area contributed by atoms with Crippen molar-refractivity contribution in [2.45, 2.75) is 26.7 Å². The van der Waals surface area contributed by atoms with Gasteiger partial charge in [-0.2, -0.15) is 0 Å². The van der Waals surface area contributed by atoms with E-state index in [4.69, 9.17) is 10.2 Å². The van der Waals surface area contributed by atoms with Gasteiger partial charge in [0.1, 0.15) is 0 Å². The SMILES string of the molecule is CC(C)=C=CCCC(CO)CO. The van der Waals surface area contributed by atoms with Crippen LogP contribution in [-0.4, -0.2) is 23.4 Å². The molecule has 0 radical (unpaired) electrons. The summed E-state index contributed by atoms with van der Waals surface area (Å²) in [6.07, 6.45) is 3.65. The van der Waals surface area contributed by atoms with Crippen molar-refractivity contribution in [2.24, 2.45) is 5.92 Å². The Morgan fingerprint density at radius 2 is 1.92 bits per heavy atom. The number of aliphatic hydroxyl groups excluding tert-OH is 2. The van der Waals surface area contributed by atoms with Gasteiger partial charge < -0.3 is 10.2 Å². The molecule has 2 N–H and O–H groups in total. The minimum absolute atomic E-state index is 0.0280. The van der Waals surface area contributed by atoms with Crippen molar-refractivity contribution >= 4 is 0 Å². The molecule has 0 atom stereocenters. The molecule has 0 saturated heterocycles. The van der Waals surface area contributed by atoms with Gasteiger partial charge in [-0.15, -0.1) is 5.73 Å². The van der Waals surface area contributed by atoms with E-state index >= 15 is 0 Å². The maximum atomic E-state index is 8.74. The van der Waals surface area contributed by atoms with Gasteiger partial charge in [-0.3, -0.25) is 0 Å². The Balaban J connectivity index is 3.61. The maximum Gasteiger partial charge on any atom is 0.0481 e. The van der Waals surface area contributed by atoms with Crippen molar-refractivity contribution in [3.63, 3.8) is 0 Å². The molecular weight excluding hydrogens is 152 g/mol. The van der Waals surface area contributed by atoms with Gasteiger partial charge in [-0.05, 0) is 38.3 Å². The van der Waals surface area contributed by atoms with Crippen LogP contribution in [0, 0.1) is 5.92 Å².